The molecule has 15 heavy (non-hydrogen) atoms. The Labute approximate surface area is 90.9 Å². The van der Waals surface area contributed by atoms with E-state index in [4.69, 9.17) is 21.4 Å². The molecule has 0 heterocycles. The fraction of sp³-hybridized carbons (Fsp3) is 0.125. The third-order valence-electron chi connectivity index (χ3n) is 1.54. The Morgan fingerprint density at radius 3 is 2.53 bits per heavy atom. The number of hydrogen-bond acceptors (Lipinski definition) is 3. The number of Topliss-reactive ketones (excluding diaryl/α,β-unsaturated/α-hetero) is 1. The number of phosphoric ester groups is 1. The molecular weight excluding hydrogens is 243 g/mol. The summed E-state index contributed by atoms with van der Waals surface area (Å²) in [7, 11) is -4.66. The first-order chi connectivity index (χ1) is 6.79. The van der Waals surface area contributed by atoms with Gasteiger partial charge in [0, 0.05) is 5.02 Å². The van der Waals surface area contributed by atoms with E-state index in [2.05, 4.69) is 4.52 Å². The summed E-state index contributed by atoms with van der Waals surface area (Å²) in [6.07, 6.45) is 0. The minimum Gasteiger partial charge on any atom is -0.403 e. The monoisotopic (exact) mass is 250 g/mol. The minimum absolute atomic E-state index is 0.0332. The molecular formula is C8H8ClO5P. The summed E-state index contributed by atoms with van der Waals surface area (Å²) in [6.45, 7) is 1.25. The van der Waals surface area contributed by atoms with Crippen molar-refractivity contribution in [2.75, 3.05) is 0 Å². The molecule has 2 N–H and O–H groups in total. The molecule has 0 aliphatic carbocycles. The highest BCUT2D eigenvalue weighted by Gasteiger charge is 2.19. The Balaban J connectivity index is 3.18. The Hall–Kier alpha value is -0.870. The fourth-order valence-electron chi connectivity index (χ4n) is 0.985. The minimum atomic E-state index is -4.66. The molecule has 7 heteroatoms. The van der Waals surface area contributed by atoms with Crippen molar-refractivity contribution in [1.29, 1.82) is 0 Å². The van der Waals surface area contributed by atoms with Crippen molar-refractivity contribution in [2.24, 2.45) is 0 Å². The Morgan fingerprint density at radius 1 is 1.47 bits per heavy atom. The first-order valence-corrected chi connectivity index (χ1v) is 5.76. The first kappa shape index (κ1) is 12.2. The van der Waals surface area contributed by atoms with Gasteiger partial charge in [-0.3, -0.25) is 14.6 Å². The maximum atomic E-state index is 11.1. The van der Waals surface area contributed by atoms with Crippen LogP contribution in [-0.2, 0) is 4.57 Å². The van der Waals surface area contributed by atoms with Crippen molar-refractivity contribution in [3.8, 4) is 5.75 Å². The number of rotatable bonds is 3. The molecule has 0 aromatic heterocycles. The maximum Gasteiger partial charge on any atom is 0.524 e. The van der Waals surface area contributed by atoms with E-state index in [9.17, 15) is 9.36 Å². The van der Waals surface area contributed by atoms with E-state index in [-0.39, 0.29) is 17.1 Å². The Kier molecular flexibility index (Phi) is 3.52. The molecule has 0 radical (unpaired) electrons. The van der Waals surface area contributed by atoms with Gasteiger partial charge in [-0.2, -0.15) is 0 Å². The summed E-state index contributed by atoms with van der Waals surface area (Å²) in [5.74, 6) is -0.568. The molecule has 0 atom stereocenters. The van der Waals surface area contributed by atoms with E-state index >= 15 is 0 Å². The lowest BCUT2D eigenvalue weighted by Crippen LogP contribution is -1.99. The van der Waals surface area contributed by atoms with Gasteiger partial charge in [0.05, 0.1) is 5.56 Å². The number of halogens is 1. The van der Waals surface area contributed by atoms with Gasteiger partial charge in [0.2, 0.25) is 0 Å². The quantitative estimate of drug-likeness (QED) is 0.633. The van der Waals surface area contributed by atoms with Gasteiger partial charge in [-0.15, -0.1) is 0 Å². The normalized spacial score (nSPS) is 11.2. The van der Waals surface area contributed by atoms with Gasteiger partial charge in [-0.25, -0.2) is 4.57 Å². The summed E-state index contributed by atoms with van der Waals surface area (Å²) in [6, 6.07) is 3.89. The van der Waals surface area contributed by atoms with Crippen molar-refractivity contribution in [1.82, 2.24) is 0 Å². The summed E-state index contributed by atoms with van der Waals surface area (Å²) in [5, 5.41) is 0.290. The van der Waals surface area contributed by atoms with Crippen LogP contribution in [0.1, 0.15) is 17.3 Å². The van der Waals surface area contributed by atoms with Gasteiger partial charge in [0.1, 0.15) is 5.75 Å². The van der Waals surface area contributed by atoms with Crippen molar-refractivity contribution >= 4 is 25.2 Å². The third-order valence-corrected chi connectivity index (χ3v) is 2.21. The van der Waals surface area contributed by atoms with Crippen LogP contribution in [0.4, 0.5) is 0 Å². The van der Waals surface area contributed by atoms with Gasteiger partial charge in [0.25, 0.3) is 0 Å². The van der Waals surface area contributed by atoms with Gasteiger partial charge in [-0.05, 0) is 25.1 Å². The number of hydrogen-bond donors (Lipinski definition) is 2. The van der Waals surface area contributed by atoms with Crippen LogP contribution in [0.15, 0.2) is 18.2 Å². The van der Waals surface area contributed by atoms with Crippen LogP contribution in [0, 0.1) is 0 Å². The highest BCUT2D eigenvalue weighted by atomic mass is 35.5. The molecule has 0 spiro atoms. The lowest BCUT2D eigenvalue weighted by atomic mass is 10.1. The third kappa shape index (κ3) is 3.64. The van der Waals surface area contributed by atoms with Gasteiger partial charge in [0.15, 0.2) is 5.78 Å². The molecule has 1 rings (SSSR count). The number of benzene rings is 1. The van der Waals surface area contributed by atoms with Crippen molar-refractivity contribution in [3.05, 3.63) is 28.8 Å². The molecule has 0 amide bonds. The van der Waals surface area contributed by atoms with Crippen LogP contribution in [0.5, 0.6) is 5.75 Å². The van der Waals surface area contributed by atoms with E-state index in [1.807, 2.05) is 0 Å². The highest BCUT2D eigenvalue weighted by Crippen LogP contribution is 2.39. The van der Waals surface area contributed by atoms with E-state index in [0.29, 0.717) is 5.02 Å². The molecule has 0 saturated heterocycles. The highest BCUT2D eigenvalue weighted by molar-refractivity contribution is 7.46. The van der Waals surface area contributed by atoms with E-state index in [0.717, 1.165) is 0 Å². The molecule has 1 aromatic rings. The summed E-state index contributed by atoms with van der Waals surface area (Å²) in [5.41, 5.74) is 0.0332. The van der Waals surface area contributed by atoms with Crippen molar-refractivity contribution in [3.63, 3.8) is 0 Å². The molecule has 0 fully saturated rings. The second-order valence-corrected chi connectivity index (χ2v) is 4.38. The molecule has 0 bridgehead atoms. The number of carbonyl (C=O) groups is 1. The zero-order valence-corrected chi connectivity index (χ0v) is 9.33. The second-order valence-electron chi connectivity index (χ2n) is 2.78. The zero-order chi connectivity index (χ0) is 11.6. The molecule has 0 saturated carbocycles. The summed E-state index contributed by atoms with van der Waals surface area (Å²) >= 11 is 5.63. The average Bonchev–Trinajstić information content (AvgIpc) is 2.05. The Morgan fingerprint density at radius 2 is 2.07 bits per heavy atom. The van der Waals surface area contributed by atoms with Crippen LogP contribution < -0.4 is 4.52 Å². The van der Waals surface area contributed by atoms with Crippen LogP contribution in [0.3, 0.4) is 0 Å². The number of phosphoric acid groups is 1. The second kappa shape index (κ2) is 4.33. The topological polar surface area (TPSA) is 83.8 Å². The molecule has 0 unspecified atom stereocenters. The van der Waals surface area contributed by atoms with Gasteiger partial charge in [-0.1, -0.05) is 11.6 Å². The van der Waals surface area contributed by atoms with Gasteiger partial charge < -0.3 is 4.52 Å². The molecule has 0 aliphatic heterocycles. The lowest BCUT2D eigenvalue weighted by molar-refractivity contribution is 0.101. The summed E-state index contributed by atoms with van der Waals surface area (Å²) in [4.78, 5) is 28.3. The van der Waals surface area contributed by atoms with Crippen LogP contribution in [-0.4, -0.2) is 15.6 Å². The van der Waals surface area contributed by atoms with E-state index in [1.165, 1.54) is 25.1 Å². The summed E-state index contributed by atoms with van der Waals surface area (Å²) < 4.78 is 14.9. The standard InChI is InChI=1S/C8H8ClO5P/c1-5(10)7-4-6(9)2-3-8(7)14-15(11,12)13/h2-4H,1H3,(H2,11,12,13). The van der Waals surface area contributed by atoms with Crippen molar-refractivity contribution < 1.29 is 23.7 Å². The van der Waals surface area contributed by atoms with Gasteiger partial charge >= 0.3 is 7.82 Å². The molecule has 1 aromatic carbocycles. The SMILES string of the molecule is CC(=O)c1cc(Cl)ccc1OP(=O)(O)O. The largest absolute Gasteiger partial charge is 0.524 e. The Bertz CT molecular complexity index is 439. The average molecular weight is 251 g/mol. The van der Waals surface area contributed by atoms with E-state index in [1.54, 1.807) is 0 Å². The number of ketones is 1. The maximum absolute atomic E-state index is 11.1. The van der Waals surface area contributed by atoms with Crippen LogP contribution in [0.25, 0.3) is 0 Å². The molecule has 82 valence electrons. The number of carbonyl (C=O) groups excluding carboxylic acids is 1. The lowest BCUT2D eigenvalue weighted by Gasteiger charge is -2.10. The predicted molar refractivity (Wildman–Crippen MR) is 54.1 cm³/mol. The zero-order valence-electron chi connectivity index (χ0n) is 7.68. The fourth-order valence-corrected chi connectivity index (χ4v) is 1.57. The van der Waals surface area contributed by atoms with Crippen LogP contribution >= 0.6 is 19.4 Å². The molecule has 5 nitrogen and oxygen atoms in total. The van der Waals surface area contributed by atoms with E-state index < -0.39 is 7.82 Å². The first-order valence-electron chi connectivity index (χ1n) is 3.85. The molecule has 0 aliphatic rings. The smallest absolute Gasteiger partial charge is 0.403 e. The van der Waals surface area contributed by atoms with Crippen molar-refractivity contribution in [2.45, 2.75) is 6.92 Å². The van der Waals surface area contributed by atoms with Crippen LogP contribution in [0.2, 0.25) is 5.02 Å². The predicted octanol–water partition coefficient (Wildman–Crippen LogP) is 2.01.